The lowest BCUT2D eigenvalue weighted by atomic mass is 10.1. The van der Waals surface area contributed by atoms with Crippen molar-refractivity contribution in [3.8, 4) is 5.75 Å². The SMILES string of the molecule is COc1ccc(/C=C2\N=C(c3ccc([N+](=O)[O-])c(C)c3)OC2=O)cc1Br. The van der Waals surface area contributed by atoms with Crippen molar-refractivity contribution in [3.05, 3.63) is 73.4 Å². The summed E-state index contributed by atoms with van der Waals surface area (Å²) in [7, 11) is 1.56. The third kappa shape index (κ3) is 3.50. The van der Waals surface area contributed by atoms with Gasteiger partial charge < -0.3 is 9.47 Å². The molecular formula is C18H13BrN2O5. The Morgan fingerprint density at radius 3 is 2.65 bits per heavy atom. The second-order valence-corrected chi connectivity index (χ2v) is 6.34. The van der Waals surface area contributed by atoms with Crippen LogP contribution in [-0.2, 0) is 9.53 Å². The zero-order chi connectivity index (χ0) is 18.8. The molecule has 0 fully saturated rings. The molecule has 0 N–H and O–H groups in total. The molecule has 3 rings (SSSR count). The molecule has 0 aliphatic carbocycles. The van der Waals surface area contributed by atoms with E-state index >= 15 is 0 Å². The third-order valence-corrected chi connectivity index (χ3v) is 4.36. The van der Waals surface area contributed by atoms with Crippen molar-refractivity contribution >= 4 is 39.6 Å². The number of ether oxygens (including phenoxy) is 2. The number of aliphatic imine (C=N–C) groups is 1. The van der Waals surface area contributed by atoms with Gasteiger partial charge >= 0.3 is 5.97 Å². The highest BCUT2D eigenvalue weighted by Gasteiger charge is 2.25. The number of carbonyl (C=O) groups is 1. The summed E-state index contributed by atoms with van der Waals surface area (Å²) in [5.74, 6) is 0.210. The molecule has 0 bridgehead atoms. The average molecular weight is 417 g/mol. The maximum Gasteiger partial charge on any atom is 0.363 e. The Labute approximate surface area is 157 Å². The van der Waals surface area contributed by atoms with Crippen molar-refractivity contribution in [2.24, 2.45) is 4.99 Å². The quantitative estimate of drug-likeness (QED) is 0.324. The molecule has 26 heavy (non-hydrogen) atoms. The molecule has 1 aliphatic heterocycles. The molecule has 0 saturated carbocycles. The van der Waals surface area contributed by atoms with Gasteiger partial charge in [0.15, 0.2) is 5.70 Å². The lowest BCUT2D eigenvalue weighted by Crippen LogP contribution is -2.06. The number of halogens is 1. The first-order valence-electron chi connectivity index (χ1n) is 7.50. The number of hydrogen-bond acceptors (Lipinski definition) is 6. The van der Waals surface area contributed by atoms with Crippen LogP contribution < -0.4 is 4.74 Å². The third-order valence-electron chi connectivity index (χ3n) is 3.74. The number of hydrogen-bond donors (Lipinski definition) is 0. The van der Waals surface area contributed by atoms with Gasteiger partial charge in [0.25, 0.3) is 5.69 Å². The average Bonchev–Trinajstić information content (AvgIpc) is 2.95. The Kier molecular flexibility index (Phi) is 4.85. The fourth-order valence-corrected chi connectivity index (χ4v) is 3.01. The molecule has 132 valence electrons. The summed E-state index contributed by atoms with van der Waals surface area (Å²) in [5.41, 5.74) is 1.85. The number of nitro groups is 1. The molecule has 2 aromatic rings. The molecule has 0 aromatic heterocycles. The number of cyclic esters (lactones) is 1. The summed E-state index contributed by atoms with van der Waals surface area (Å²) in [6.07, 6.45) is 1.60. The number of methoxy groups -OCH3 is 1. The van der Waals surface area contributed by atoms with Crippen LogP contribution in [0.2, 0.25) is 0 Å². The standard InChI is InChI=1S/C18H13BrN2O5/c1-10-7-12(4-5-15(10)21(23)24)17-20-14(18(22)26-17)9-11-3-6-16(25-2)13(19)8-11/h3-9H,1-2H3/b14-9-. The Morgan fingerprint density at radius 2 is 2.04 bits per heavy atom. The van der Waals surface area contributed by atoms with E-state index in [1.807, 2.05) is 0 Å². The van der Waals surface area contributed by atoms with Crippen LogP contribution >= 0.6 is 15.9 Å². The Hall–Kier alpha value is -3.00. The van der Waals surface area contributed by atoms with Crippen LogP contribution in [0.1, 0.15) is 16.7 Å². The van der Waals surface area contributed by atoms with E-state index in [1.165, 1.54) is 12.1 Å². The number of rotatable bonds is 4. The first-order chi connectivity index (χ1) is 12.4. The van der Waals surface area contributed by atoms with Gasteiger partial charge in [-0.3, -0.25) is 10.1 Å². The number of esters is 1. The summed E-state index contributed by atoms with van der Waals surface area (Å²) in [5, 5.41) is 10.9. The van der Waals surface area contributed by atoms with Crippen LogP contribution in [0, 0.1) is 17.0 Å². The molecule has 0 atom stereocenters. The minimum atomic E-state index is -0.581. The van der Waals surface area contributed by atoms with E-state index in [1.54, 1.807) is 44.4 Å². The fraction of sp³-hybridized carbons (Fsp3) is 0.111. The smallest absolute Gasteiger partial charge is 0.363 e. The number of aryl methyl sites for hydroxylation is 1. The van der Waals surface area contributed by atoms with E-state index in [0.717, 1.165) is 10.0 Å². The Morgan fingerprint density at radius 1 is 1.27 bits per heavy atom. The Bertz CT molecular complexity index is 982. The monoisotopic (exact) mass is 416 g/mol. The van der Waals surface area contributed by atoms with Crippen LogP contribution in [0.25, 0.3) is 6.08 Å². The van der Waals surface area contributed by atoms with Gasteiger partial charge in [0.2, 0.25) is 5.90 Å². The molecule has 0 amide bonds. The molecule has 0 radical (unpaired) electrons. The van der Waals surface area contributed by atoms with E-state index < -0.39 is 10.9 Å². The lowest BCUT2D eigenvalue weighted by Gasteiger charge is -2.03. The predicted octanol–water partition coefficient (Wildman–Crippen LogP) is 4.02. The van der Waals surface area contributed by atoms with Crippen molar-refractivity contribution < 1.29 is 19.2 Å². The number of nitro benzene ring substituents is 1. The van der Waals surface area contributed by atoms with Gasteiger partial charge in [-0.1, -0.05) is 6.07 Å². The minimum absolute atomic E-state index is 0.00229. The van der Waals surface area contributed by atoms with Crippen molar-refractivity contribution in [1.29, 1.82) is 0 Å². The molecule has 1 heterocycles. The molecule has 0 spiro atoms. The van der Waals surface area contributed by atoms with E-state index in [4.69, 9.17) is 9.47 Å². The van der Waals surface area contributed by atoms with Crippen molar-refractivity contribution in [3.63, 3.8) is 0 Å². The van der Waals surface area contributed by atoms with E-state index in [2.05, 4.69) is 20.9 Å². The van der Waals surface area contributed by atoms with Crippen LogP contribution in [0.5, 0.6) is 5.75 Å². The number of nitrogens with zero attached hydrogens (tertiary/aromatic N) is 2. The van der Waals surface area contributed by atoms with Crippen LogP contribution in [0.4, 0.5) is 5.69 Å². The topological polar surface area (TPSA) is 91.0 Å². The van der Waals surface area contributed by atoms with Gasteiger partial charge in [-0.2, -0.15) is 0 Å². The van der Waals surface area contributed by atoms with E-state index in [9.17, 15) is 14.9 Å². The largest absolute Gasteiger partial charge is 0.496 e. The van der Waals surface area contributed by atoms with Crippen molar-refractivity contribution in [2.45, 2.75) is 6.92 Å². The van der Waals surface area contributed by atoms with Gasteiger partial charge in [0.05, 0.1) is 16.5 Å². The van der Waals surface area contributed by atoms with Gasteiger partial charge in [-0.25, -0.2) is 9.79 Å². The maximum absolute atomic E-state index is 12.1. The fourth-order valence-electron chi connectivity index (χ4n) is 2.46. The highest BCUT2D eigenvalue weighted by atomic mass is 79.9. The Balaban J connectivity index is 1.93. The van der Waals surface area contributed by atoms with Crippen LogP contribution in [0.15, 0.2) is 51.6 Å². The van der Waals surface area contributed by atoms with Crippen LogP contribution in [-0.4, -0.2) is 23.9 Å². The molecule has 0 saturated heterocycles. The second kappa shape index (κ2) is 7.09. The number of benzene rings is 2. The van der Waals surface area contributed by atoms with E-state index in [-0.39, 0.29) is 17.3 Å². The number of carbonyl (C=O) groups excluding carboxylic acids is 1. The van der Waals surface area contributed by atoms with Gasteiger partial charge in [0.1, 0.15) is 5.75 Å². The molecular weight excluding hydrogens is 404 g/mol. The molecule has 7 nitrogen and oxygen atoms in total. The molecule has 0 unspecified atom stereocenters. The van der Waals surface area contributed by atoms with E-state index in [0.29, 0.717) is 16.9 Å². The first-order valence-corrected chi connectivity index (χ1v) is 8.30. The zero-order valence-corrected chi connectivity index (χ0v) is 15.4. The summed E-state index contributed by atoms with van der Waals surface area (Å²) in [6.45, 7) is 1.62. The summed E-state index contributed by atoms with van der Waals surface area (Å²) in [4.78, 5) is 26.7. The van der Waals surface area contributed by atoms with Gasteiger partial charge in [0, 0.05) is 17.2 Å². The predicted molar refractivity (Wildman–Crippen MR) is 99.1 cm³/mol. The highest BCUT2D eigenvalue weighted by molar-refractivity contribution is 9.10. The van der Waals surface area contributed by atoms with Crippen molar-refractivity contribution in [2.75, 3.05) is 7.11 Å². The molecule has 2 aromatic carbocycles. The summed E-state index contributed by atoms with van der Waals surface area (Å²) in [6, 6.07) is 9.78. The zero-order valence-electron chi connectivity index (χ0n) is 13.9. The normalized spacial score (nSPS) is 15.0. The first kappa shape index (κ1) is 17.8. The molecule has 8 heteroatoms. The lowest BCUT2D eigenvalue weighted by molar-refractivity contribution is -0.385. The maximum atomic E-state index is 12.1. The summed E-state index contributed by atoms with van der Waals surface area (Å²) >= 11 is 3.39. The minimum Gasteiger partial charge on any atom is -0.496 e. The molecule has 1 aliphatic rings. The highest BCUT2D eigenvalue weighted by Crippen LogP contribution is 2.28. The van der Waals surface area contributed by atoms with Crippen LogP contribution in [0.3, 0.4) is 0 Å². The van der Waals surface area contributed by atoms with Crippen molar-refractivity contribution in [1.82, 2.24) is 0 Å². The van der Waals surface area contributed by atoms with Gasteiger partial charge in [-0.15, -0.1) is 0 Å². The second-order valence-electron chi connectivity index (χ2n) is 5.49. The summed E-state index contributed by atoms with van der Waals surface area (Å²) < 4.78 is 11.1. The van der Waals surface area contributed by atoms with Gasteiger partial charge in [-0.05, 0) is 58.8 Å².